The van der Waals surface area contributed by atoms with Crippen LogP contribution in [0.4, 0.5) is 0 Å². The van der Waals surface area contributed by atoms with E-state index >= 15 is 0 Å². The molecule has 1 amide bonds. The van der Waals surface area contributed by atoms with Crippen molar-refractivity contribution in [3.8, 4) is 0 Å². The van der Waals surface area contributed by atoms with Gasteiger partial charge in [0.2, 0.25) is 5.91 Å². The topological polar surface area (TPSA) is 65.2 Å². The maximum absolute atomic E-state index is 12.8. The molecule has 2 aliphatic rings. The Bertz CT molecular complexity index is 472. The molecule has 1 aromatic rings. The van der Waals surface area contributed by atoms with Crippen molar-refractivity contribution in [1.82, 2.24) is 21.7 Å². The van der Waals surface area contributed by atoms with E-state index in [1.54, 1.807) is 11.8 Å². The third-order valence-corrected chi connectivity index (χ3v) is 5.57. The van der Waals surface area contributed by atoms with Gasteiger partial charge in [0, 0.05) is 12.6 Å². The lowest BCUT2D eigenvalue weighted by atomic mass is 9.95. The average molecular weight is 320 g/mol. The summed E-state index contributed by atoms with van der Waals surface area (Å²) < 4.78 is 0. The molecule has 1 aliphatic carbocycles. The van der Waals surface area contributed by atoms with Crippen molar-refractivity contribution in [3.63, 3.8) is 0 Å². The first-order valence-corrected chi connectivity index (χ1v) is 9.01. The second kappa shape index (κ2) is 7.97. The molecule has 0 bridgehead atoms. The molecule has 2 unspecified atom stereocenters. The van der Waals surface area contributed by atoms with Crippen molar-refractivity contribution >= 4 is 17.7 Å². The normalized spacial score (nSPS) is 24.1. The van der Waals surface area contributed by atoms with Gasteiger partial charge in [-0.05, 0) is 18.4 Å². The minimum atomic E-state index is -0.178. The molecule has 1 aliphatic heterocycles. The second-order valence-corrected chi connectivity index (χ2v) is 7.22. The van der Waals surface area contributed by atoms with Gasteiger partial charge in [-0.1, -0.05) is 49.6 Å². The summed E-state index contributed by atoms with van der Waals surface area (Å²) in [5.74, 6) is 0.136. The van der Waals surface area contributed by atoms with Crippen LogP contribution in [0.1, 0.15) is 42.9 Å². The highest BCUT2D eigenvalue weighted by Crippen LogP contribution is 2.32. The number of nitrogens with one attached hydrogen (secondary N) is 4. The van der Waals surface area contributed by atoms with E-state index in [-0.39, 0.29) is 16.5 Å². The summed E-state index contributed by atoms with van der Waals surface area (Å²) in [5, 5.41) is 3.27. The van der Waals surface area contributed by atoms with Gasteiger partial charge in [0.25, 0.3) is 0 Å². The molecular formula is C16H24N4OS. The Morgan fingerprint density at radius 3 is 2.64 bits per heavy atom. The molecule has 1 heterocycles. The van der Waals surface area contributed by atoms with Crippen LogP contribution in [0.25, 0.3) is 0 Å². The fourth-order valence-electron chi connectivity index (χ4n) is 3.02. The van der Waals surface area contributed by atoms with Crippen LogP contribution in [0.15, 0.2) is 30.3 Å². The number of rotatable bonds is 5. The summed E-state index contributed by atoms with van der Waals surface area (Å²) in [6.45, 7) is 0.796. The Balaban J connectivity index is 1.67. The van der Waals surface area contributed by atoms with E-state index in [0.717, 1.165) is 24.9 Å². The summed E-state index contributed by atoms with van der Waals surface area (Å²) in [5.41, 5.74) is 10.1. The van der Waals surface area contributed by atoms with Crippen molar-refractivity contribution in [2.45, 2.75) is 48.8 Å². The highest BCUT2D eigenvalue weighted by molar-refractivity contribution is 8.00. The van der Waals surface area contributed by atoms with Crippen LogP contribution in [0.3, 0.4) is 0 Å². The Morgan fingerprint density at radius 1 is 1.18 bits per heavy atom. The molecule has 2 atom stereocenters. The van der Waals surface area contributed by atoms with Gasteiger partial charge in [0.1, 0.15) is 5.25 Å². The van der Waals surface area contributed by atoms with Crippen molar-refractivity contribution in [1.29, 1.82) is 0 Å². The van der Waals surface area contributed by atoms with Crippen LogP contribution in [0, 0.1) is 0 Å². The molecule has 0 radical (unpaired) electrons. The lowest BCUT2D eigenvalue weighted by molar-refractivity contribution is -0.121. The van der Waals surface area contributed by atoms with Crippen LogP contribution < -0.4 is 21.7 Å². The van der Waals surface area contributed by atoms with Gasteiger partial charge >= 0.3 is 0 Å². The molecule has 6 heteroatoms. The highest BCUT2D eigenvalue weighted by Gasteiger charge is 2.28. The summed E-state index contributed by atoms with van der Waals surface area (Å²) in [4.78, 5) is 12.8. The molecule has 1 saturated carbocycles. The second-order valence-electron chi connectivity index (χ2n) is 5.91. The summed E-state index contributed by atoms with van der Waals surface area (Å²) in [6, 6.07) is 10.4. The number of hydrogen-bond donors (Lipinski definition) is 4. The summed E-state index contributed by atoms with van der Waals surface area (Å²) in [6.07, 6.45) is 5.98. The first-order valence-electron chi connectivity index (χ1n) is 8.07. The van der Waals surface area contributed by atoms with Gasteiger partial charge in [-0.15, -0.1) is 11.8 Å². The molecule has 0 spiro atoms. The first-order chi connectivity index (χ1) is 10.8. The Labute approximate surface area is 135 Å². The number of amides is 1. The van der Waals surface area contributed by atoms with E-state index in [9.17, 15) is 4.79 Å². The van der Waals surface area contributed by atoms with Gasteiger partial charge in [-0.25, -0.2) is 10.9 Å². The van der Waals surface area contributed by atoms with Gasteiger partial charge in [-0.2, -0.15) is 5.53 Å². The Morgan fingerprint density at radius 2 is 1.95 bits per heavy atom. The van der Waals surface area contributed by atoms with E-state index in [0.29, 0.717) is 6.04 Å². The number of carbonyl (C=O) groups excluding carboxylic acids is 1. The SMILES string of the molecule is O=C(NC1CCCCC1)C(SC1CNNN1)c1ccccc1. The lowest BCUT2D eigenvalue weighted by Crippen LogP contribution is -2.39. The number of hydrogen-bond acceptors (Lipinski definition) is 5. The van der Waals surface area contributed by atoms with Crippen molar-refractivity contribution in [2.75, 3.05) is 6.54 Å². The van der Waals surface area contributed by atoms with Crippen LogP contribution in [0.2, 0.25) is 0 Å². The van der Waals surface area contributed by atoms with Crippen LogP contribution in [-0.2, 0) is 4.79 Å². The van der Waals surface area contributed by atoms with Crippen LogP contribution in [0.5, 0.6) is 0 Å². The number of benzene rings is 1. The average Bonchev–Trinajstić information content (AvgIpc) is 3.07. The Kier molecular flexibility index (Phi) is 5.72. The third kappa shape index (κ3) is 4.23. The van der Waals surface area contributed by atoms with Gasteiger partial charge < -0.3 is 5.32 Å². The largest absolute Gasteiger partial charge is 0.352 e. The predicted octanol–water partition coefficient (Wildman–Crippen LogP) is 1.85. The quantitative estimate of drug-likeness (QED) is 0.667. The maximum Gasteiger partial charge on any atom is 0.237 e. The molecule has 3 rings (SSSR count). The summed E-state index contributed by atoms with van der Waals surface area (Å²) >= 11 is 1.65. The molecule has 22 heavy (non-hydrogen) atoms. The Hall–Kier alpha value is -1.08. The van der Waals surface area contributed by atoms with E-state index in [1.807, 2.05) is 30.3 Å². The van der Waals surface area contributed by atoms with Crippen molar-refractivity contribution < 1.29 is 4.79 Å². The predicted molar refractivity (Wildman–Crippen MR) is 89.9 cm³/mol. The van der Waals surface area contributed by atoms with Gasteiger partial charge in [0.15, 0.2) is 0 Å². The minimum Gasteiger partial charge on any atom is -0.352 e. The zero-order chi connectivity index (χ0) is 15.2. The van der Waals surface area contributed by atoms with Crippen molar-refractivity contribution in [2.24, 2.45) is 0 Å². The fourth-order valence-corrected chi connectivity index (χ4v) is 4.16. The zero-order valence-corrected chi connectivity index (χ0v) is 13.5. The molecule has 0 aromatic heterocycles. The van der Waals surface area contributed by atoms with Crippen LogP contribution in [-0.4, -0.2) is 23.9 Å². The van der Waals surface area contributed by atoms with Gasteiger partial charge in [0.05, 0.1) is 5.37 Å². The van der Waals surface area contributed by atoms with E-state index in [4.69, 9.17) is 0 Å². The molecule has 4 N–H and O–H groups in total. The molecule has 5 nitrogen and oxygen atoms in total. The lowest BCUT2D eigenvalue weighted by Gasteiger charge is -2.26. The minimum absolute atomic E-state index is 0.136. The number of hydrazine groups is 2. The standard InChI is InChI=1S/C16H24N4OS/c21-16(18-13-9-5-2-6-10-13)15(12-7-3-1-4-8-12)22-14-11-17-20-19-14/h1,3-4,7-8,13-15,17,19-20H,2,5-6,9-11H2,(H,18,21). The van der Waals surface area contributed by atoms with Gasteiger partial charge in [-0.3, -0.25) is 4.79 Å². The van der Waals surface area contributed by atoms with E-state index in [1.165, 1.54) is 19.3 Å². The van der Waals surface area contributed by atoms with E-state index < -0.39 is 0 Å². The maximum atomic E-state index is 12.8. The molecule has 2 fully saturated rings. The number of carbonyl (C=O) groups is 1. The molecule has 1 aromatic carbocycles. The van der Waals surface area contributed by atoms with Crippen LogP contribution >= 0.6 is 11.8 Å². The fraction of sp³-hybridized carbons (Fsp3) is 0.562. The zero-order valence-electron chi connectivity index (χ0n) is 12.7. The summed E-state index contributed by atoms with van der Waals surface area (Å²) in [7, 11) is 0. The smallest absolute Gasteiger partial charge is 0.237 e. The number of thioether (sulfide) groups is 1. The first kappa shape index (κ1) is 15.8. The molecule has 1 saturated heterocycles. The highest BCUT2D eigenvalue weighted by atomic mass is 32.2. The van der Waals surface area contributed by atoms with Crippen molar-refractivity contribution in [3.05, 3.63) is 35.9 Å². The third-order valence-electron chi connectivity index (χ3n) is 4.20. The van der Waals surface area contributed by atoms with E-state index in [2.05, 4.69) is 21.7 Å². The molecule has 120 valence electrons. The molecular weight excluding hydrogens is 296 g/mol. The monoisotopic (exact) mass is 320 g/mol.